The van der Waals surface area contributed by atoms with Crippen LogP contribution >= 0.6 is 0 Å². The Morgan fingerprint density at radius 2 is 1.48 bits per heavy atom. The lowest BCUT2D eigenvalue weighted by Gasteiger charge is -2.42. The van der Waals surface area contributed by atoms with E-state index in [2.05, 4.69) is 86.6 Å². The number of hydrogen-bond donors (Lipinski definition) is 1. The molecule has 2 N–H and O–H groups in total. The molecule has 5 rings (SSSR count). The molecule has 0 radical (unpaired) electrons. The molecule has 2 atom stereocenters. The summed E-state index contributed by atoms with van der Waals surface area (Å²) in [7, 11) is 3.46. The maximum absolute atomic E-state index is 6.94. The maximum atomic E-state index is 6.94. The third-order valence-corrected chi connectivity index (χ3v) is 8.56. The molecule has 0 heterocycles. The van der Waals surface area contributed by atoms with Crippen molar-refractivity contribution in [1.82, 2.24) is 0 Å². The van der Waals surface area contributed by atoms with Gasteiger partial charge >= 0.3 is 0 Å². The van der Waals surface area contributed by atoms with Crippen LogP contribution in [0, 0.1) is 0 Å². The summed E-state index contributed by atoms with van der Waals surface area (Å²) in [5, 5.41) is 0. The summed E-state index contributed by atoms with van der Waals surface area (Å²) in [6.07, 6.45) is 3.85. The third kappa shape index (κ3) is 6.03. The quantitative estimate of drug-likeness (QED) is 0.224. The van der Waals surface area contributed by atoms with Crippen molar-refractivity contribution in [2.24, 2.45) is 5.73 Å². The first-order valence-corrected chi connectivity index (χ1v) is 14.3. The fraction of sp³-hybridized carbons (Fsp3) is 0.333. The molecular weight excluding hydrogens is 494 g/mol. The van der Waals surface area contributed by atoms with Crippen LogP contribution in [0.25, 0.3) is 0 Å². The monoisotopic (exact) mass is 535 g/mol. The molecule has 1 aliphatic rings. The zero-order valence-electron chi connectivity index (χ0n) is 24.2. The van der Waals surface area contributed by atoms with E-state index in [1.54, 1.807) is 14.2 Å². The predicted molar refractivity (Wildman–Crippen MR) is 163 cm³/mol. The van der Waals surface area contributed by atoms with Crippen molar-refractivity contribution < 1.29 is 14.2 Å². The highest BCUT2D eigenvalue weighted by molar-refractivity contribution is 5.48. The van der Waals surface area contributed by atoms with Gasteiger partial charge in [0.2, 0.25) is 0 Å². The molecule has 4 heteroatoms. The molecule has 0 aliphatic heterocycles. The molecule has 0 saturated carbocycles. The Balaban J connectivity index is 1.30. The largest absolute Gasteiger partial charge is 0.497 e. The van der Waals surface area contributed by atoms with Crippen LogP contribution in [0.1, 0.15) is 72.0 Å². The highest BCUT2D eigenvalue weighted by Crippen LogP contribution is 2.49. The molecule has 0 fully saturated rings. The number of aryl methyl sites for hydroxylation is 2. The minimum Gasteiger partial charge on any atom is -0.497 e. The van der Waals surface area contributed by atoms with E-state index in [0.29, 0.717) is 12.5 Å². The lowest BCUT2D eigenvalue weighted by Crippen LogP contribution is -2.33. The topological polar surface area (TPSA) is 53.7 Å². The maximum Gasteiger partial charge on any atom is 0.119 e. The Kier molecular flexibility index (Phi) is 8.46. The van der Waals surface area contributed by atoms with E-state index < -0.39 is 0 Å². The van der Waals surface area contributed by atoms with Crippen LogP contribution in [0.3, 0.4) is 0 Å². The molecule has 4 aromatic rings. The number of fused-ring (bicyclic) bond motifs is 1. The second-order valence-corrected chi connectivity index (χ2v) is 11.4. The van der Waals surface area contributed by atoms with Crippen LogP contribution in [0.5, 0.6) is 17.2 Å². The van der Waals surface area contributed by atoms with Crippen LogP contribution in [-0.2, 0) is 24.9 Å². The van der Waals surface area contributed by atoms with E-state index >= 15 is 0 Å². The van der Waals surface area contributed by atoms with Crippen LogP contribution < -0.4 is 19.9 Å². The summed E-state index contributed by atoms with van der Waals surface area (Å²) in [6, 6.07) is 31.6. The van der Waals surface area contributed by atoms with Gasteiger partial charge in [0.1, 0.15) is 23.9 Å². The first-order valence-electron chi connectivity index (χ1n) is 14.3. The SMILES string of the molecule is COc1ccc2c(c1)CCC(c1ccc(OC)cc1C(N)CCc1ccc(OCc3ccccc3)cc1)C2(C)C. The number of rotatable bonds is 10. The number of ether oxygens (including phenoxy) is 3. The molecule has 0 amide bonds. The average Bonchev–Trinajstić information content (AvgIpc) is 2.99. The van der Waals surface area contributed by atoms with Gasteiger partial charge in [-0.25, -0.2) is 0 Å². The predicted octanol–water partition coefficient (Wildman–Crippen LogP) is 7.92. The lowest BCUT2D eigenvalue weighted by atomic mass is 9.62. The van der Waals surface area contributed by atoms with Crippen molar-refractivity contribution in [2.45, 2.75) is 63.5 Å². The van der Waals surface area contributed by atoms with E-state index in [1.807, 2.05) is 18.2 Å². The Labute approximate surface area is 239 Å². The molecule has 0 spiro atoms. The van der Waals surface area contributed by atoms with Gasteiger partial charge in [0.15, 0.2) is 0 Å². The molecule has 4 aromatic carbocycles. The van der Waals surface area contributed by atoms with Crippen molar-refractivity contribution in [3.05, 3.63) is 124 Å². The van der Waals surface area contributed by atoms with Crippen molar-refractivity contribution in [2.75, 3.05) is 14.2 Å². The molecule has 2 unspecified atom stereocenters. The summed E-state index contributed by atoms with van der Waals surface area (Å²) in [5.41, 5.74) is 14.6. The minimum atomic E-state index is -0.0906. The van der Waals surface area contributed by atoms with E-state index in [4.69, 9.17) is 19.9 Å². The van der Waals surface area contributed by atoms with Crippen LogP contribution in [0.4, 0.5) is 0 Å². The third-order valence-electron chi connectivity index (χ3n) is 8.56. The lowest BCUT2D eigenvalue weighted by molar-refractivity contribution is 0.306. The van der Waals surface area contributed by atoms with Gasteiger partial charge in [0.25, 0.3) is 0 Å². The van der Waals surface area contributed by atoms with E-state index in [1.165, 1.54) is 27.8 Å². The van der Waals surface area contributed by atoms with E-state index in [-0.39, 0.29) is 11.5 Å². The number of nitrogens with two attached hydrogens (primary N) is 1. The van der Waals surface area contributed by atoms with Crippen LogP contribution in [0.2, 0.25) is 0 Å². The second kappa shape index (κ2) is 12.2. The molecule has 208 valence electrons. The Hall–Kier alpha value is -3.76. The Bertz CT molecular complexity index is 1410. The second-order valence-electron chi connectivity index (χ2n) is 11.4. The summed E-state index contributed by atoms with van der Waals surface area (Å²) < 4.78 is 17.1. The van der Waals surface area contributed by atoms with Gasteiger partial charge in [-0.05, 0) is 107 Å². The first-order chi connectivity index (χ1) is 19.4. The molecule has 0 bridgehead atoms. The van der Waals surface area contributed by atoms with Crippen molar-refractivity contribution in [3.63, 3.8) is 0 Å². The fourth-order valence-electron chi connectivity index (χ4n) is 6.21. The summed E-state index contributed by atoms with van der Waals surface area (Å²) >= 11 is 0. The Morgan fingerprint density at radius 3 is 2.20 bits per heavy atom. The van der Waals surface area contributed by atoms with Gasteiger partial charge in [0, 0.05) is 6.04 Å². The average molecular weight is 536 g/mol. The number of methoxy groups -OCH3 is 2. The van der Waals surface area contributed by atoms with Crippen LogP contribution in [0.15, 0.2) is 91.0 Å². The molecule has 40 heavy (non-hydrogen) atoms. The van der Waals surface area contributed by atoms with E-state index in [0.717, 1.165) is 48.5 Å². The molecule has 1 aliphatic carbocycles. The van der Waals surface area contributed by atoms with Gasteiger partial charge < -0.3 is 19.9 Å². The van der Waals surface area contributed by atoms with Gasteiger partial charge in [-0.2, -0.15) is 0 Å². The van der Waals surface area contributed by atoms with Gasteiger partial charge in [-0.3, -0.25) is 0 Å². The van der Waals surface area contributed by atoms with E-state index in [9.17, 15) is 0 Å². The highest BCUT2D eigenvalue weighted by atomic mass is 16.5. The highest BCUT2D eigenvalue weighted by Gasteiger charge is 2.39. The summed E-state index contributed by atoms with van der Waals surface area (Å²) in [5.74, 6) is 3.02. The van der Waals surface area contributed by atoms with Gasteiger partial charge in [-0.15, -0.1) is 0 Å². The zero-order valence-corrected chi connectivity index (χ0v) is 24.2. The molecule has 4 nitrogen and oxygen atoms in total. The minimum absolute atomic E-state index is 0.0293. The summed E-state index contributed by atoms with van der Waals surface area (Å²) in [6.45, 7) is 5.30. The van der Waals surface area contributed by atoms with Gasteiger partial charge in [-0.1, -0.05) is 68.4 Å². The van der Waals surface area contributed by atoms with Crippen LogP contribution in [-0.4, -0.2) is 14.2 Å². The van der Waals surface area contributed by atoms with Crippen molar-refractivity contribution in [1.29, 1.82) is 0 Å². The van der Waals surface area contributed by atoms with Crippen molar-refractivity contribution >= 4 is 0 Å². The fourth-order valence-corrected chi connectivity index (χ4v) is 6.21. The molecular formula is C36H41NO3. The number of hydrogen-bond acceptors (Lipinski definition) is 4. The smallest absolute Gasteiger partial charge is 0.119 e. The summed E-state index contributed by atoms with van der Waals surface area (Å²) in [4.78, 5) is 0. The Morgan fingerprint density at radius 1 is 0.800 bits per heavy atom. The standard InChI is InChI=1S/C36H41NO3/c1-36(2)33-20-17-29(38-3)22-27(33)13-19-34(36)31-18-16-30(39-4)23-32(31)35(37)21-12-25-10-14-28(15-11-25)40-24-26-8-6-5-7-9-26/h5-11,14-18,20,22-23,34-35H,12-13,19,21,24,37H2,1-4H3. The van der Waals surface area contributed by atoms with Gasteiger partial charge in [0.05, 0.1) is 14.2 Å². The molecule has 0 aromatic heterocycles. The number of benzene rings is 4. The van der Waals surface area contributed by atoms with Crippen molar-refractivity contribution in [3.8, 4) is 17.2 Å². The first kappa shape index (κ1) is 27.8. The zero-order chi connectivity index (χ0) is 28.1. The molecule has 0 saturated heterocycles. The normalized spacial score (nSPS) is 16.6.